The Balaban J connectivity index is 1.94. The van der Waals surface area contributed by atoms with Crippen LogP contribution in [0.1, 0.15) is 37.3 Å². The second-order valence-corrected chi connectivity index (χ2v) is 5.39. The van der Waals surface area contributed by atoms with Crippen molar-refractivity contribution in [3.05, 3.63) is 28.8 Å². The molecule has 0 heterocycles. The maximum absolute atomic E-state index is 10.5. The Bertz CT molecular complexity index is 460. The van der Waals surface area contributed by atoms with Crippen molar-refractivity contribution in [2.24, 2.45) is 11.7 Å². The lowest BCUT2D eigenvalue weighted by Gasteiger charge is -2.13. The summed E-state index contributed by atoms with van der Waals surface area (Å²) in [6.07, 6.45) is 2.91. The second kappa shape index (κ2) is 6.26. The van der Waals surface area contributed by atoms with Crippen LogP contribution in [0.25, 0.3) is 0 Å². The molecule has 0 aromatic heterocycles. The lowest BCUT2D eigenvalue weighted by molar-refractivity contribution is -0.137. The van der Waals surface area contributed by atoms with Gasteiger partial charge in [-0.25, -0.2) is 0 Å². The number of hydrogen-bond donors (Lipinski definition) is 2. The van der Waals surface area contributed by atoms with Crippen LogP contribution in [0.2, 0.25) is 5.02 Å². The number of carbonyl (C=O) groups is 1. The monoisotopic (exact) mass is 283 g/mol. The molecule has 0 radical (unpaired) electrons. The van der Waals surface area contributed by atoms with E-state index in [1.807, 2.05) is 6.07 Å². The first-order chi connectivity index (χ1) is 9.06. The van der Waals surface area contributed by atoms with Crippen LogP contribution in [-0.2, 0) is 4.79 Å². The molecule has 0 amide bonds. The van der Waals surface area contributed by atoms with E-state index in [1.165, 1.54) is 12.8 Å². The molecule has 0 aliphatic heterocycles. The van der Waals surface area contributed by atoms with Crippen LogP contribution in [0.15, 0.2) is 18.2 Å². The van der Waals surface area contributed by atoms with Gasteiger partial charge in [0.2, 0.25) is 0 Å². The molecule has 1 aliphatic rings. The van der Waals surface area contributed by atoms with Crippen LogP contribution in [0, 0.1) is 5.92 Å². The molecule has 1 saturated carbocycles. The number of halogens is 1. The van der Waals surface area contributed by atoms with Crippen molar-refractivity contribution < 1.29 is 14.6 Å². The Morgan fingerprint density at radius 1 is 1.53 bits per heavy atom. The largest absolute Gasteiger partial charge is 0.492 e. The molecule has 2 rings (SSSR count). The molecule has 1 aromatic carbocycles. The van der Waals surface area contributed by atoms with Gasteiger partial charge in [-0.2, -0.15) is 0 Å². The predicted octanol–water partition coefficient (Wildman–Crippen LogP) is 2.99. The predicted molar refractivity (Wildman–Crippen MR) is 73.5 cm³/mol. The zero-order valence-corrected chi connectivity index (χ0v) is 11.4. The average Bonchev–Trinajstić information content (AvgIpc) is 3.18. The van der Waals surface area contributed by atoms with Gasteiger partial charge in [0.25, 0.3) is 0 Å². The van der Waals surface area contributed by atoms with Gasteiger partial charge in [0.1, 0.15) is 5.75 Å². The summed E-state index contributed by atoms with van der Waals surface area (Å²) < 4.78 is 5.63. The van der Waals surface area contributed by atoms with Gasteiger partial charge in [-0.15, -0.1) is 0 Å². The van der Waals surface area contributed by atoms with E-state index in [4.69, 9.17) is 27.2 Å². The molecule has 0 bridgehead atoms. The lowest BCUT2D eigenvalue weighted by atomic mass is 10.0. The summed E-state index contributed by atoms with van der Waals surface area (Å²) in [7, 11) is 0. The van der Waals surface area contributed by atoms with Crippen molar-refractivity contribution in [3.8, 4) is 5.75 Å². The molecule has 1 aromatic rings. The molecule has 19 heavy (non-hydrogen) atoms. The molecule has 0 saturated heterocycles. The van der Waals surface area contributed by atoms with Crippen LogP contribution in [-0.4, -0.2) is 17.7 Å². The van der Waals surface area contributed by atoms with Gasteiger partial charge >= 0.3 is 5.97 Å². The van der Waals surface area contributed by atoms with E-state index in [0.717, 1.165) is 5.56 Å². The van der Waals surface area contributed by atoms with Crippen LogP contribution in [0.4, 0.5) is 0 Å². The second-order valence-electron chi connectivity index (χ2n) is 4.98. The molecule has 1 fully saturated rings. The highest BCUT2D eigenvalue weighted by molar-refractivity contribution is 6.32. The number of ether oxygens (including phenoxy) is 1. The SMILES string of the molecule is NC(CCC(=O)O)c1ccc(OCC2CC2)c(Cl)c1. The number of hydrogen-bond acceptors (Lipinski definition) is 3. The van der Waals surface area contributed by atoms with Crippen molar-refractivity contribution in [1.29, 1.82) is 0 Å². The normalized spacial score (nSPS) is 16.1. The Morgan fingerprint density at radius 3 is 2.84 bits per heavy atom. The molecule has 1 atom stereocenters. The number of carboxylic acids is 1. The van der Waals surface area contributed by atoms with Crippen molar-refractivity contribution in [1.82, 2.24) is 0 Å². The third-order valence-corrected chi connectivity index (χ3v) is 3.52. The van der Waals surface area contributed by atoms with E-state index in [9.17, 15) is 4.79 Å². The van der Waals surface area contributed by atoms with Gasteiger partial charge in [0.15, 0.2) is 0 Å². The number of nitrogens with two attached hydrogens (primary N) is 1. The average molecular weight is 284 g/mol. The van der Waals surface area contributed by atoms with Gasteiger partial charge in [-0.05, 0) is 42.9 Å². The zero-order valence-electron chi connectivity index (χ0n) is 10.6. The topological polar surface area (TPSA) is 72.6 Å². The minimum absolute atomic E-state index is 0.0543. The van der Waals surface area contributed by atoms with Crippen LogP contribution in [0.5, 0.6) is 5.75 Å². The van der Waals surface area contributed by atoms with Gasteiger partial charge in [0, 0.05) is 12.5 Å². The Kier molecular flexibility index (Phi) is 4.66. The highest BCUT2D eigenvalue weighted by Crippen LogP contribution is 2.33. The Labute approximate surface area is 117 Å². The van der Waals surface area contributed by atoms with E-state index in [1.54, 1.807) is 12.1 Å². The molecule has 104 valence electrons. The van der Waals surface area contributed by atoms with Crippen molar-refractivity contribution in [3.63, 3.8) is 0 Å². The number of rotatable bonds is 7. The van der Waals surface area contributed by atoms with E-state index in [-0.39, 0.29) is 12.5 Å². The molecule has 3 N–H and O–H groups in total. The molecule has 1 unspecified atom stereocenters. The first-order valence-electron chi connectivity index (χ1n) is 6.46. The third-order valence-electron chi connectivity index (χ3n) is 3.22. The van der Waals surface area contributed by atoms with Crippen LogP contribution < -0.4 is 10.5 Å². The van der Waals surface area contributed by atoms with E-state index < -0.39 is 5.97 Å². The third kappa shape index (κ3) is 4.40. The van der Waals surface area contributed by atoms with E-state index in [2.05, 4.69) is 0 Å². The summed E-state index contributed by atoms with van der Waals surface area (Å²) in [6.45, 7) is 0.712. The fourth-order valence-electron chi connectivity index (χ4n) is 1.80. The number of benzene rings is 1. The maximum Gasteiger partial charge on any atom is 0.303 e. The summed E-state index contributed by atoms with van der Waals surface area (Å²) in [5.74, 6) is 0.502. The number of carboxylic acid groups (broad SMARTS) is 1. The minimum Gasteiger partial charge on any atom is -0.492 e. The summed E-state index contributed by atoms with van der Waals surface area (Å²) in [5.41, 5.74) is 6.77. The van der Waals surface area contributed by atoms with Gasteiger partial charge in [-0.1, -0.05) is 17.7 Å². The zero-order chi connectivity index (χ0) is 13.8. The summed E-state index contributed by atoms with van der Waals surface area (Å²) in [4.78, 5) is 10.5. The Hall–Kier alpha value is -1.26. The highest BCUT2D eigenvalue weighted by Gasteiger charge is 2.22. The molecule has 5 heteroatoms. The molecule has 0 spiro atoms. The summed E-state index contributed by atoms with van der Waals surface area (Å²) in [6, 6.07) is 5.10. The van der Waals surface area contributed by atoms with Crippen molar-refractivity contribution >= 4 is 17.6 Å². The first-order valence-corrected chi connectivity index (χ1v) is 6.83. The summed E-state index contributed by atoms with van der Waals surface area (Å²) >= 11 is 6.14. The van der Waals surface area contributed by atoms with Gasteiger partial charge in [0.05, 0.1) is 11.6 Å². The van der Waals surface area contributed by atoms with Crippen molar-refractivity contribution in [2.45, 2.75) is 31.7 Å². The fourth-order valence-corrected chi connectivity index (χ4v) is 2.05. The van der Waals surface area contributed by atoms with E-state index >= 15 is 0 Å². The standard InChI is InChI=1S/C14H18ClNO3/c15-11-7-10(12(16)4-6-14(17)18)3-5-13(11)19-8-9-1-2-9/h3,5,7,9,12H,1-2,4,6,8,16H2,(H,17,18). The molecule has 4 nitrogen and oxygen atoms in total. The lowest BCUT2D eigenvalue weighted by Crippen LogP contribution is -2.12. The minimum atomic E-state index is -0.842. The van der Waals surface area contributed by atoms with Gasteiger partial charge in [-0.3, -0.25) is 4.79 Å². The van der Waals surface area contributed by atoms with Crippen LogP contribution >= 0.6 is 11.6 Å². The number of aliphatic carboxylic acids is 1. The first kappa shape index (κ1) is 14.2. The fraction of sp³-hybridized carbons (Fsp3) is 0.500. The van der Waals surface area contributed by atoms with Crippen molar-refractivity contribution in [2.75, 3.05) is 6.61 Å². The summed E-state index contributed by atoms with van der Waals surface area (Å²) in [5, 5.41) is 9.17. The molecule has 1 aliphatic carbocycles. The highest BCUT2D eigenvalue weighted by atomic mass is 35.5. The Morgan fingerprint density at radius 2 is 2.26 bits per heavy atom. The quantitative estimate of drug-likeness (QED) is 0.807. The maximum atomic E-state index is 10.5. The molecular formula is C14H18ClNO3. The van der Waals surface area contributed by atoms with Crippen LogP contribution in [0.3, 0.4) is 0 Å². The smallest absolute Gasteiger partial charge is 0.303 e. The molecular weight excluding hydrogens is 266 g/mol. The van der Waals surface area contributed by atoms with E-state index in [0.29, 0.717) is 29.7 Å². The van der Waals surface area contributed by atoms with Gasteiger partial charge < -0.3 is 15.6 Å².